The van der Waals surface area contributed by atoms with Crippen LogP contribution in [0.25, 0.3) is 0 Å². The van der Waals surface area contributed by atoms with E-state index in [1.54, 1.807) is 10.8 Å². The van der Waals surface area contributed by atoms with E-state index in [0.717, 1.165) is 4.73 Å². The average Bonchev–Trinajstić information content (AvgIpc) is 2.13. The summed E-state index contributed by atoms with van der Waals surface area (Å²) in [5, 5.41) is 8.58. The maximum atomic E-state index is 8.58. The molecule has 9 heavy (non-hydrogen) atoms. The van der Waals surface area contributed by atoms with Crippen molar-refractivity contribution in [3.05, 3.63) is 16.6 Å². The Kier molecular flexibility index (Phi) is 1.87. The van der Waals surface area contributed by atoms with E-state index in [1.165, 1.54) is 0 Å². The molecule has 1 aromatic rings. The number of halogens is 1. The molecule has 0 amide bonds. The largest absolute Gasteiger partial charge is 0.390 e. The molecule has 0 aliphatic rings. The molecule has 4 heteroatoms. The van der Waals surface area contributed by atoms with Crippen LogP contribution in [0.4, 0.5) is 0 Å². The summed E-state index contributed by atoms with van der Waals surface area (Å²) in [5.41, 5.74) is 0.685. The van der Waals surface area contributed by atoms with Gasteiger partial charge in [-0.1, -0.05) is 0 Å². The third kappa shape index (κ3) is 1.31. The number of hydrogen-bond donors (Lipinski definition) is 1. The van der Waals surface area contributed by atoms with Gasteiger partial charge in [-0.15, -0.1) is 0 Å². The first-order valence-corrected chi connectivity index (χ1v) is 3.32. The fourth-order valence-electron chi connectivity index (χ4n) is 0.579. The molecule has 1 rings (SSSR count). The highest BCUT2D eigenvalue weighted by molar-refractivity contribution is 9.10. The first-order chi connectivity index (χ1) is 4.24. The van der Waals surface area contributed by atoms with Gasteiger partial charge in [0.15, 0.2) is 4.73 Å². The number of aromatic nitrogens is 2. The smallest absolute Gasteiger partial charge is 0.177 e. The van der Waals surface area contributed by atoms with Crippen LogP contribution < -0.4 is 0 Å². The van der Waals surface area contributed by atoms with Crippen LogP contribution in [0.15, 0.2) is 10.9 Å². The summed E-state index contributed by atoms with van der Waals surface area (Å²) in [6.07, 6.45) is 1.77. The normalized spacial score (nSPS) is 10.1. The third-order valence-corrected chi connectivity index (χ3v) is 1.77. The quantitative estimate of drug-likeness (QED) is 0.708. The van der Waals surface area contributed by atoms with Gasteiger partial charge < -0.3 is 9.67 Å². The molecule has 1 aromatic heterocycles. The van der Waals surface area contributed by atoms with Gasteiger partial charge >= 0.3 is 0 Å². The average molecular weight is 191 g/mol. The second-order valence-corrected chi connectivity index (χ2v) is 2.48. The van der Waals surface area contributed by atoms with Gasteiger partial charge in [-0.25, -0.2) is 4.98 Å². The topological polar surface area (TPSA) is 38.0 Å². The summed E-state index contributed by atoms with van der Waals surface area (Å²) in [6, 6.07) is 0. The van der Waals surface area contributed by atoms with Gasteiger partial charge in [-0.05, 0) is 15.9 Å². The fourth-order valence-corrected chi connectivity index (χ4v) is 0.909. The zero-order valence-electron chi connectivity index (χ0n) is 5.00. The first-order valence-electron chi connectivity index (χ1n) is 2.52. The molecule has 0 saturated heterocycles. The Bertz CT molecular complexity index is 189. The number of rotatable bonds is 1. The summed E-state index contributed by atoms with van der Waals surface area (Å²) in [4.78, 5) is 3.96. The van der Waals surface area contributed by atoms with Crippen LogP contribution in [0.2, 0.25) is 0 Å². The molecule has 0 saturated carbocycles. The van der Waals surface area contributed by atoms with Crippen LogP contribution in [0.5, 0.6) is 0 Å². The van der Waals surface area contributed by atoms with Gasteiger partial charge in [0, 0.05) is 13.2 Å². The molecule has 0 aliphatic heterocycles. The zero-order chi connectivity index (χ0) is 6.85. The maximum Gasteiger partial charge on any atom is 0.177 e. The molecule has 50 valence electrons. The minimum Gasteiger partial charge on any atom is -0.390 e. The summed E-state index contributed by atoms with van der Waals surface area (Å²) in [5.74, 6) is 0. The lowest BCUT2D eigenvalue weighted by Gasteiger charge is -1.85. The molecule has 0 unspecified atom stereocenters. The highest BCUT2D eigenvalue weighted by Gasteiger charge is 1.98. The number of imidazole rings is 1. The lowest BCUT2D eigenvalue weighted by Crippen LogP contribution is -1.82. The molecule has 1 N–H and O–H groups in total. The molecule has 0 aliphatic carbocycles. The van der Waals surface area contributed by atoms with E-state index in [0.29, 0.717) is 5.69 Å². The first kappa shape index (κ1) is 6.77. The van der Waals surface area contributed by atoms with Crippen LogP contribution >= 0.6 is 15.9 Å². The van der Waals surface area contributed by atoms with Gasteiger partial charge in [-0.3, -0.25) is 0 Å². The van der Waals surface area contributed by atoms with E-state index in [-0.39, 0.29) is 6.61 Å². The lowest BCUT2D eigenvalue weighted by molar-refractivity contribution is 0.277. The molecule has 0 atom stereocenters. The second-order valence-electron chi connectivity index (χ2n) is 1.77. The SMILES string of the molecule is Cn1cc(CO)nc1Br. The number of nitrogens with zero attached hydrogens (tertiary/aromatic N) is 2. The van der Waals surface area contributed by atoms with Crippen molar-refractivity contribution in [1.29, 1.82) is 0 Å². The van der Waals surface area contributed by atoms with Crippen molar-refractivity contribution in [3.63, 3.8) is 0 Å². The highest BCUT2D eigenvalue weighted by atomic mass is 79.9. The minimum absolute atomic E-state index is 0.000556. The summed E-state index contributed by atoms with van der Waals surface area (Å²) in [7, 11) is 1.86. The number of aliphatic hydroxyl groups is 1. The third-order valence-electron chi connectivity index (χ3n) is 1.03. The van der Waals surface area contributed by atoms with Crippen molar-refractivity contribution in [1.82, 2.24) is 9.55 Å². The van der Waals surface area contributed by atoms with Crippen molar-refractivity contribution >= 4 is 15.9 Å². The minimum atomic E-state index is -0.000556. The molecule has 0 spiro atoms. The van der Waals surface area contributed by atoms with Gasteiger partial charge in [0.25, 0.3) is 0 Å². The highest BCUT2D eigenvalue weighted by Crippen LogP contribution is 2.07. The van der Waals surface area contributed by atoms with Crippen LogP contribution in [-0.2, 0) is 13.7 Å². The number of aliphatic hydroxyl groups excluding tert-OH is 1. The van der Waals surface area contributed by atoms with Crippen molar-refractivity contribution in [2.24, 2.45) is 7.05 Å². The summed E-state index contributed by atoms with van der Waals surface area (Å²) in [6.45, 7) is -0.000556. The molecule has 3 nitrogen and oxygen atoms in total. The van der Waals surface area contributed by atoms with Gasteiger partial charge in [0.2, 0.25) is 0 Å². The Morgan fingerprint density at radius 1 is 1.89 bits per heavy atom. The van der Waals surface area contributed by atoms with Crippen LogP contribution in [0.3, 0.4) is 0 Å². The van der Waals surface area contributed by atoms with E-state index in [9.17, 15) is 0 Å². The van der Waals surface area contributed by atoms with Crippen LogP contribution in [0, 0.1) is 0 Å². The van der Waals surface area contributed by atoms with Gasteiger partial charge in [-0.2, -0.15) is 0 Å². The Morgan fingerprint density at radius 3 is 2.78 bits per heavy atom. The molecular formula is C5H7BrN2O. The van der Waals surface area contributed by atoms with E-state index < -0.39 is 0 Å². The monoisotopic (exact) mass is 190 g/mol. The van der Waals surface area contributed by atoms with Crippen molar-refractivity contribution in [3.8, 4) is 0 Å². The van der Waals surface area contributed by atoms with Gasteiger partial charge in [0.05, 0.1) is 12.3 Å². The summed E-state index contributed by atoms with van der Waals surface area (Å²) >= 11 is 3.20. The molecular weight excluding hydrogens is 184 g/mol. The molecule has 0 aromatic carbocycles. The number of hydrogen-bond acceptors (Lipinski definition) is 2. The predicted molar refractivity (Wildman–Crippen MR) is 36.8 cm³/mol. The van der Waals surface area contributed by atoms with E-state index in [4.69, 9.17) is 5.11 Å². The second kappa shape index (κ2) is 2.49. The van der Waals surface area contributed by atoms with E-state index in [2.05, 4.69) is 20.9 Å². The van der Waals surface area contributed by atoms with E-state index in [1.807, 2.05) is 7.05 Å². The summed E-state index contributed by atoms with van der Waals surface area (Å²) < 4.78 is 2.54. The van der Waals surface area contributed by atoms with Crippen LogP contribution in [-0.4, -0.2) is 14.7 Å². The standard InChI is InChI=1S/C5H7BrN2O/c1-8-2-4(3-9)7-5(8)6/h2,9H,3H2,1H3. The lowest BCUT2D eigenvalue weighted by atomic mass is 10.5. The molecule has 0 fully saturated rings. The maximum absolute atomic E-state index is 8.58. The van der Waals surface area contributed by atoms with Crippen molar-refractivity contribution in [2.45, 2.75) is 6.61 Å². The Labute approximate surface area is 61.5 Å². The van der Waals surface area contributed by atoms with Crippen molar-refractivity contribution < 1.29 is 5.11 Å². The zero-order valence-corrected chi connectivity index (χ0v) is 6.59. The molecule has 1 heterocycles. The van der Waals surface area contributed by atoms with E-state index >= 15 is 0 Å². The number of aryl methyl sites for hydroxylation is 1. The predicted octanol–water partition coefficient (Wildman–Crippen LogP) is 0.675. The Balaban J connectivity index is 2.98. The Hall–Kier alpha value is -0.350. The van der Waals surface area contributed by atoms with Gasteiger partial charge in [0.1, 0.15) is 0 Å². The van der Waals surface area contributed by atoms with Crippen LogP contribution in [0.1, 0.15) is 5.69 Å². The Morgan fingerprint density at radius 2 is 2.56 bits per heavy atom. The fraction of sp³-hybridized carbons (Fsp3) is 0.400. The molecule has 0 bridgehead atoms. The van der Waals surface area contributed by atoms with Crippen molar-refractivity contribution in [2.75, 3.05) is 0 Å². The molecule has 0 radical (unpaired) electrons.